The Morgan fingerprint density at radius 2 is 1.84 bits per heavy atom. The van der Waals surface area contributed by atoms with Crippen molar-refractivity contribution < 1.29 is 14.2 Å². The predicted molar refractivity (Wildman–Crippen MR) is 71.8 cm³/mol. The van der Waals surface area contributed by atoms with Gasteiger partial charge < -0.3 is 14.2 Å². The van der Waals surface area contributed by atoms with E-state index in [-0.39, 0.29) is 11.9 Å². The van der Waals surface area contributed by atoms with Gasteiger partial charge in [-0.05, 0) is 69.1 Å². The molecule has 4 bridgehead atoms. The van der Waals surface area contributed by atoms with E-state index in [0.29, 0.717) is 6.10 Å². The Morgan fingerprint density at radius 1 is 1.05 bits per heavy atom. The molecular weight excluding hydrogens is 240 g/mol. The molecule has 0 radical (unpaired) electrons. The maximum Gasteiger partial charge on any atom is 0.158 e. The first-order chi connectivity index (χ1) is 9.28. The molecule has 0 spiro atoms. The molecule has 19 heavy (non-hydrogen) atoms. The average Bonchev–Trinajstić information content (AvgIpc) is 2.38. The van der Waals surface area contributed by atoms with Crippen molar-refractivity contribution in [1.29, 1.82) is 0 Å². The van der Waals surface area contributed by atoms with E-state index in [1.807, 2.05) is 7.11 Å². The summed E-state index contributed by atoms with van der Waals surface area (Å²) in [5.41, 5.74) is 0.132. The Bertz CT molecular complexity index is 321. The van der Waals surface area contributed by atoms with Gasteiger partial charge in [0.25, 0.3) is 0 Å². The fraction of sp³-hybridized carbons (Fsp3) is 1.00. The zero-order valence-corrected chi connectivity index (χ0v) is 12.0. The first-order valence-corrected chi connectivity index (χ1v) is 8.10. The van der Waals surface area contributed by atoms with Crippen LogP contribution in [0.25, 0.3) is 0 Å². The molecule has 0 aromatic rings. The van der Waals surface area contributed by atoms with Gasteiger partial charge in [-0.2, -0.15) is 0 Å². The topological polar surface area (TPSA) is 27.7 Å². The second kappa shape index (κ2) is 4.71. The summed E-state index contributed by atoms with van der Waals surface area (Å²) in [4.78, 5) is 0. The summed E-state index contributed by atoms with van der Waals surface area (Å²) >= 11 is 0. The Morgan fingerprint density at radius 3 is 2.47 bits per heavy atom. The summed E-state index contributed by atoms with van der Waals surface area (Å²) in [5.74, 6) is 2.35. The van der Waals surface area contributed by atoms with Gasteiger partial charge in [0.1, 0.15) is 0 Å². The number of rotatable bonds is 3. The third-order valence-electron chi connectivity index (χ3n) is 5.92. The molecular formula is C16H26O3. The second-order valence-corrected chi connectivity index (χ2v) is 7.27. The highest BCUT2D eigenvalue weighted by Gasteiger charge is 2.57. The number of hydrogen-bond acceptors (Lipinski definition) is 3. The highest BCUT2D eigenvalue weighted by Crippen LogP contribution is 2.58. The van der Waals surface area contributed by atoms with Crippen LogP contribution in [0.5, 0.6) is 0 Å². The first-order valence-electron chi connectivity index (χ1n) is 8.10. The van der Waals surface area contributed by atoms with E-state index in [0.717, 1.165) is 30.8 Å². The van der Waals surface area contributed by atoms with E-state index in [9.17, 15) is 0 Å². The molecule has 3 atom stereocenters. The van der Waals surface area contributed by atoms with E-state index in [1.165, 1.54) is 44.9 Å². The molecule has 1 aliphatic heterocycles. The van der Waals surface area contributed by atoms with Crippen LogP contribution in [0.15, 0.2) is 0 Å². The van der Waals surface area contributed by atoms with E-state index < -0.39 is 0 Å². The normalized spacial score (nSPS) is 52.6. The third kappa shape index (κ3) is 2.14. The van der Waals surface area contributed by atoms with Crippen molar-refractivity contribution in [3.05, 3.63) is 0 Å². The highest BCUT2D eigenvalue weighted by molar-refractivity contribution is 5.07. The molecule has 108 valence electrons. The van der Waals surface area contributed by atoms with Crippen LogP contribution in [0.3, 0.4) is 0 Å². The van der Waals surface area contributed by atoms with Gasteiger partial charge in [-0.25, -0.2) is 0 Å². The molecule has 3 unspecified atom stereocenters. The minimum atomic E-state index is 0.0750. The number of methoxy groups -OCH3 is 1. The lowest BCUT2D eigenvalue weighted by Gasteiger charge is -2.59. The molecule has 3 nitrogen and oxygen atoms in total. The Kier molecular flexibility index (Phi) is 3.13. The third-order valence-corrected chi connectivity index (χ3v) is 5.92. The maximum absolute atomic E-state index is 6.51. The summed E-state index contributed by atoms with van der Waals surface area (Å²) in [7, 11) is 1.89. The van der Waals surface area contributed by atoms with Crippen LogP contribution in [0.4, 0.5) is 0 Å². The molecule has 0 amide bonds. The summed E-state index contributed by atoms with van der Waals surface area (Å²) in [5, 5.41) is 0. The molecule has 1 saturated heterocycles. The van der Waals surface area contributed by atoms with Gasteiger partial charge in [-0.1, -0.05) is 0 Å². The summed E-state index contributed by atoms with van der Waals surface area (Å²) in [6, 6.07) is 0. The zero-order chi connectivity index (χ0) is 12.9. The molecule has 1 heterocycles. The van der Waals surface area contributed by atoms with Crippen LogP contribution in [0, 0.1) is 17.8 Å². The SMILES string of the molecule is COC1C2CC3CC1CC(OC1CCCCO1)(C3)C2. The van der Waals surface area contributed by atoms with Crippen molar-refractivity contribution in [2.45, 2.75) is 69.4 Å². The van der Waals surface area contributed by atoms with Crippen molar-refractivity contribution in [1.82, 2.24) is 0 Å². The largest absolute Gasteiger partial charge is 0.381 e. The fourth-order valence-corrected chi connectivity index (χ4v) is 5.52. The quantitative estimate of drug-likeness (QED) is 0.785. The van der Waals surface area contributed by atoms with Crippen LogP contribution in [-0.2, 0) is 14.2 Å². The summed E-state index contributed by atoms with van der Waals surface area (Å²) in [6.07, 6.45) is 10.6. The van der Waals surface area contributed by atoms with Gasteiger partial charge in [0.2, 0.25) is 0 Å². The molecule has 4 saturated carbocycles. The second-order valence-electron chi connectivity index (χ2n) is 7.27. The molecule has 0 N–H and O–H groups in total. The van der Waals surface area contributed by atoms with Crippen LogP contribution in [0.2, 0.25) is 0 Å². The molecule has 5 rings (SSSR count). The van der Waals surface area contributed by atoms with E-state index >= 15 is 0 Å². The molecule has 0 aromatic carbocycles. The smallest absolute Gasteiger partial charge is 0.158 e. The fourth-order valence-electron chi connectivity index (χ4n) is 5.52. The van der Waals surface area contributed by atoms with Gasteiger partial charge in [0.05, 0.1) is 11.7 Å². The van der Waals surface area contributed by atoms with Crippen molar-refractivity contribution in [3.63, 3.8) is 0 Å². The van der Waals surface area contributed by atoms with Gasteiger partial charge >= 0.3 is 0 Å². The van der Waals surface area contributed by atoms with Gasteiger partial charge in [0.15, 0.2) is 6.29 Å². The molecule has 5 fully saturated rings. The predicted octanol–water partition coefficient (Wildman–Crippen LogP) is 3.12. The Balaban J connectivity index is 1.49. The number of ether oxygens (including phenoxy) is 3. The maximum atomic E-state index is 6.51. The Hall–Kier alpha value is -0.120. The zero-order valence-electron chi connectivity index (χ0n) is 12.0. The molecule has 3 heteroatoms. The van der Waals surface area contributed by atoms with Gasteiger partial charge in [-0.15, -0.1) is 0 Å². The standard InChI is InChI=1S/C16H26O3/c1-17-15-12-6-11-7-13(15)10-16(8-11,9-12)19-14-4-2-3-5-18-14/h11-15H,2-10H2,1H3. The number of hydrogen-bond donors (Lipinski definition) is 0. The molecule has 0 aromatic heterocycles. The lowest BCUT2D eigenvalue weighted by atomic mass is 9.53. The van der Waals surface area contributed by atoms with Crippen molar-refractivity contribution >= 4 is 0 Å². The van der Waals surface area contributed by atoms with Crippen LogP contribution >= 0.6 is 0 Å². The minimum absolute atomic E-state index is 0.0750. The van der Waals surface area contributed by atoms with Gasteiger partial charge in [-0.3, -0.25) is 0 Å². The average molecular weight is 266 g/mol. The van der Waals surface area contributed by atoms with Crippen molar-refractivity contribution in [2.24, 2.45) is 17.8 Å². The van der Waals surface area contributed by atoms with Crippen LogP contribution in [-0.4, -0.2) is 31.7 Å². The highest BCUT2D eigenvalue weighted by atomic mass is 16.7. The molecule has 4 aliphatic carbocycles. The summed E-state index contributed by atoms with van der Waals surface area (Å²) in [6.45, 7) is 0.887. The van der Waals surface area contributed by atoms with Crippen LogP contribution in [0.1, 0.15) is 51.4 Å². The first kappa shape index (κ1) is 12.6. The van der Waals surface area contributed by atoms with E-state index in [1.54, 1.807) is 0 Å². The Labute approximate surface area is 116 Å². The van der Waals surface area contributed by atoms with Crippen molar-refractivity contribution in [3.8, 4) is 0 Å². The van der Waals surface area contributed by atoms with Gasteiger partial charge in [0, 0.05) is 13.7 Å². The van der Waals surface area contributed by atoms with E-state index in [4.69, 9.17) is 14.2 Å². The minimum Gasteiger partial charge on any atom is -0.381 e. The monoisotopic (exact) mass is 266 g/mol. The lowest BCUT2D eigenvalue weighted by Crippen LogP contribution is -2.59. The molecule has 5 aliphatic rings. The van der Waals surface area contributed by atoms with Crippen LogP contribution < -0.4 is 0 Å². The lowest BCUT2D eigenvalue weighted by molar-refractivity contribution is -0.279. The van der Waals surface area contributed by atoms with E-state index in [2.05, 4.69) is 0 Å². The summed E-state index contributed by atoms with van der Waals surface area (Å²) < 4.78 is 18.1. The van der Waals surface area contributed by atoms with Crippen molar-refractivity contribution in [2.75, 3.05) is 13.7 Å².